The number of carbonyl (C=O) groups excluding carboxylic acids is 1. The van der Waals surface area contributed by atoms with Gasteiger partial charge in [-0.1, -0.05) is 23.2 Å². The first-order valence-electron chi connectivity index (χ1n) is 8.45. The van der Waals surface area contributed by atoms with E-state index < -0.39 is 5.82 Å². The zero-order valence-electron chi connectivity index (χ0n) is 15.0. The number of rotatable bonds is 5. The molecular formula is C21H13Cl2FN2O3. The van der Waals surface area contributed by atoms with Gasteiger partial charge in [-0.05, 0) is 30.3 Å². The van der Waals surface area contributed by atoms with Gasteiger partial charge in [-0.2, -0.15) is 0 Å². The Bertz CT molecular complexity index is 1240. The largest absolute Gasteiger partial charge is 0.493 e. The maximum absolute atomic E-state index is 13.5. The summed E-state index contributed by atoms with van der Waals surface area (Å²) in [5.74, 6) is 0.101. The van der Waals surface area contributed by atoms with Gasteiger partial charge >= 0.3 is 0 Å². The van der Waals surface area contributed by atoms with Crippen molar-refractivity contribution in [2.75, 3.05) is 7.11 Å². The third-order valence-corrected chi connectivity index (χ3v) is 4.93. The van der Waals surface area contributed by atoms with E-state index in [4.69, 9.17) is 32.7 Å². The number of halogens is 3. The molecule has 0 spiro atoms. The number of hydrogen-bond acceptors (Lipinski definition) is 4. The van der Waals surface area contributed by atoms with E-state index in [0.717, 1.165) is 0 Å². The quantitative estimate of drug-likeness (QED) is 0.392. The van der Waals surface area contributed by atoms with Crippen molar-refractivity contribution in [3.63, 3.8) is 0 Å². The lowest BCUT2D eigenvalue weighted by Gasteiger charge is -2.11. The van der Waals surface area contributed by atoms with Gasteiger partial charge in [0.1, 0.15) is 17.2 Å². The standard InChI is InChI=1S/C21H13Cl2FN2O3/c1-28-17-5-2-11(24)8-18(17)29-12-3-4-13(16(23)9-12)20(27)14-10-26-21-19(14)15(22)6-7-25-21/h2-10H,1H3,(H,25,26). The van der Waals surface area contributed by atoms with Gasteiger partial charge < -0.3 is 14.5 Å². The van der Waals surface area contributed by atoms with Gasteiger partial charge in [0.2, 0.25) is 0 Å². The highest BCUT2D eigenvalue weighted by Crippen LogP contribution is 2.35. The molecular weight excluding hydrogens is 418 g/mol. The third-order valence-electron chi connectivity index (χ3n) is 4.31. The molecule has 0 amide bonds. The van der Waals surface area contributed by atoms with Crippen LogP contribution in [0.2, 0.25) is 10.0 Å². The summed E-state index contributed by atoms with van der Waals surface area (Å²) in [5.41, 5.74) is 1.14. The Morgan fingerprint density at radius 2 is 1.86 bits per heavy atom. The SMILES string of the molecule is COc1ccc(F)cc1Oc1ccc(C(=O)c2c[nH]c3nccc(Cl)c23)c(Cl)c1. The number of methoxy groups -OCH3 is 1. The first kappa shape index (κ1) is 19.2. The van der Waals surface area contributed by atoms with Gasteiger partial charge in [-0.25, -0.2) is 9.37 Å². The Labute approximate surface area is 175 Å². The van der Waals surface area contributed by atoms with Crippen LogP contribution in [0.3, 0.4) is 0 Å². The molecule has 0 aliphatic rings. The Kier molecular flexibility index (Phi) is 5.13. The zero-order chi connectivity index (χ0) is 20.5. The minimum Gasteiger partial charge on any atom is -0.493 e. The summed E-state index contributed by atoms with van der Waals surface area (Å²) in [7, 11) is 1.45. The summed E-state index contributed by atoms with van der Waals surface area (Å²) in [5, 5.41) is 1.12. The molecule has 8 heteroatoms. The molecule has 0 aliphatic carbocycles. The molecule has 0 saturated carbocycles. The molecule has 0 radical (unpaired) electrons. The number of carbonyl (C=O) groups is 1. The fraction of sp³-hybridized carbons (Fsp3) is 0.0476. The average Bonchev–Trinajstić information content (AvgIpc) is 3.13. The first-order chi connectivity index (χ1) is 14.0. The molecule has 0 atom stereocenters. The number of aromatic amines is 1. The topological polar surface area (TPSA) is 64.2 Å². The molecule has 1 N–H and O–H groups in total. The number of nitrogens with zero attached hydrogens (tertiary/aromatic N) is 1. The van der Waals surface area contributed by atoms with Crippen molar-refractivity contribution in [1.29, 1.82) is 0 Å². The molecule has 5 nitrogen and oxygen atoms in total. The summed E-state index contributed by atoms with van der Waals surface area (Å²) < 4.78 is 24.4. The van der Waals surface area contributed by atoms with Crippen molar-refractivity contribution in [2.45, 2.75) is 0 Å². The van der Waals surface area contributed by atoms with Crippen LogP contribution in [0.15, 0.2) is 54.9 Å². The number of ether oxygens (including phenoxy) is 2. The van der Waals surface area contributed by atoms with Crippen molar-refractivity contribution in [3.05, 3.63) is 81.8 Å². The van der Waals surface area contributed by atoms with Gasteiger partial charge in [0.25, 0.3) is 0 Å². The lowest BCUT2D eigenvalue weighted by molar-refractivity contribution is 0.104. The lowest BCUT2D eigenvalue weighted by Crippen LogP contribution is -2.02. The van der Waals surface area contributed by atoms with Gasteiger partial charge in [-0.15, -0.1) is 0 Å². The molecule has 4 aromatic rings. The van der Waals surface area contributed by atoms with E-state index in [9.17, 15) is 9.18 Å². The van der Waals surface area contributed by atoms with Crippen LogP contribution in [-0.2, 0) is 0 Å². The predicted octanol–water partition coefficient (Wildman–Crippen LogP) is 6.04. The van der Waals surface area contributed by atoms with Crippen molar-refractivity contribution < 1.29 is 18.7 Å². The molecule has 2 aromatic carbocycles. The second-order valence-corrected chi connectivity index (χ2v) is 6.90. The number of H-pyrrole nitrogens is 1. The molecule has 4 rings (SSSR count). The van der Waals surface area contributed by atoms with Crippen LogP contribution in [0.1, 0.15) is 15.9 Å². The van der Waals surface area contributed by atoms with E-state index in [1.807, 2.05) is 0 Å². The third kappa shape index (κ3) is 3.64. The fourth-order valence-electron chi connectivity index (χ4n) is 2.94. The fourth-order valence-corrected chi connectivity index (χ4v) is 3.45. The highest BCUT2D eigenvalue weighted by Gasteiger charge is 2.20. The number of hydrogen-bond donors (Lipinski definition) is 1. The van der Waals surface area contributed by atoms with Crippen molar-refractivity contribution in [3.8, 4) is 17.2 Å². The summed E-state index contributed by atoms with van der Waals surface area (Å²) >= 11 is 12.6. The normalized spacial score (nSPS) is 10.9. The number of pyridine rings is 1. The number of aromatic nitrogens is 2. The van der Waals surface area contributed by atoms with Crippen molar-refractivity contribution >= 4 is 40.0 Å². The molecule has 0 fully saturated rings. The summed E-state index contributed by atoms with van der Waals surface area (Å²) in [6.45, 7) is 0. The molecule has 0 unspecified atom stereocenters. The molecule has 146 valence electrons. The minimum atomic E-state index is -0.469. The summed E-state index contributed by atoms with van der Waals surface area (Å²) in [6.07, 6.45) is 3.10. The highest BCUT2D eigenvalue weighted by molar-refractivity contribution is 6.39. The Morgan fingerprint density at radius 3 is 2.62 bits per heavy atom. The summed E-state index contributed by atoms with van der Waals surface area (Å²) in [4.78, 5) is 20.1. The number of fused-ring (bicyclic) bond motifs is 1. The van der Waals surface area contributed by atoms with Gasteiger partial charge in [0, 0.05) is 35.5 Å². The van der Waals surface area contributed by atoms with Gasteiger partial charge in [-0.3, -0.25) is 4.79 Å². The maximum Gasteiger partial charge on any atom is 0.196 e. The monoisotopic (exact) mass is 430 g/mol. The van der Waals surface area contributed by atoms with Crippen LogP contribution in [0.25, 0.3) is 11.0 Å². The van der Waals surface area contributed by atoms with Crippen molar-refractivity contribution in [1.82, 2.24) is 9.97 Å². The lowest BCUT2D eigenvalue weighted by atomic mass is 10.0. The minimum absolute atomic E-state index is 0.178. The van der Waals surface area contributed by atoms with Crippen LogP contribution >= 0.6 is 23.2 Å². The van der Waals surface area contributed by atoms with Crippen LogP contribution in [-0.4, -0.2) is 22.9 Å². The maximum atomic E-state index is 13.5. The van der Waals surface area contributed by atoms with E-state index in [1.165, 1.54) is 37.4 Å². The molecule has 0 aliphatic heterocycles. The van der Waals surface area contributed by atoms with Crippen molar-refractivity contribution in [2.24, 2.45) is 0 Å². The van der Waals surface area contributed by atoms with Crippen LogP contribution in [0.4, 0.5) is 4.39 Å². The van der Waals surface area contributed by atoms with Gasteiger partial charge in [0.05, 0.1) is 22.7 Å². The molecule has 0 saturated heterocycles. The van der Waals surface area contributed by atoms with Crippen LogP contribution in [0.5, 0.6) is 17.2 Å². The second-order valence-electron chi connectivity index (χ2n) is 6.09. The predicted molar refractivity (Wildman–Crippen MR) is 109 cm³/mol. The van der Waals surface area contributed by atoms with E-state index in [-0.39, 0.29) is 22.1 Å². The average molecular weight is 431 g/mol. The second kappa shape index (κ2) is 7.73. The molecule has 2 heterocycles. The Morgan fingerprint density at radius 1 is 1.03 bits per heavy atom. The zero-order valence-corrected chi connectivity index (χ0v) is 16.5. The van der Waals surface area contributed by atoms with E-state index in [2.05, 4.69) is 9.97 Å². The van der Waals surface area contributed by atoms with Crippen LogP contribution < -0.4 is 9.47 Å². The Hall–Kier alpha value is -3.09. The highest BCUT2D eigenvalue weighted by atomic mass is 35.5. The number of ketones is 1. The molecule has 29 heavy (non-hydrogen) atoms. The molecule has 0 bridgehead atoms. The number of benzene rings is 2. The van der Waals surface area contributed by atoms with E-state index in [1.54, 1.807) is 24.5 Å². The first-order valence-corrected chi connectivity index (χ1v) is 9.20. The Balaban J connectivity index is 1.67. The number of nitrogens with one attached hydrogen (secondary N) is 1. The van der Waals surface area contributed by atoms with Crippen LogP contribution in [0, 0.1) is 5.82 Å². The summed E-state index contributed by atoms with van der Waals surface area (Å²) in [6, 6.07) is 10.1. The van der Waals surface area contributed by atoms with E-state index >= 15 is 0 Å². The molecule has 2 aromatic heterocycles. The smallest absolute Gasteiger partial charge is 0.196 e. The van der Waals surface area contributed by atoms with E-state index in [0.29, 0.717) is 33.1 Å². The van der Waals surface area contributed by atoms with Gasteiger partial charge in [0.15, 0.2) is 17.3 Å².